The first-order chi connectivity index (χ1) is 11.5. The molecule has 0 N–H and O–H groups in total. The van der Waals surface area contributed by atoms with Gasteiger partial charge in [0.2, 0.25) is 5.91 Å². The van der Waals surface area contributed by atoms with E-state index < -0.39 is 5.56 Å². The van der Waals surface area contributed by atoms with E-state index in [1.165, 1.54) is 22.4 Å². The van der Waals surface area contributed by atoms with E-state index >= 15 is 0 Å². The van der Waals surface area contributed by atoms with Crippen LogP contribution < -0.4 is 5.56 Å². The Bertz CT molecular complexity index is 937. The van der Waals surface area contributed by atoms with Gasteiger partial charge in [0.15, 0.2) is 0 Å². The zero-order valence-corrected chi connectivity index (χ0v) is 14.9. The number of thiazole rings is 1. The number of aromatic nitrogens is 3. The predicted octanol–water partition coefficient (Wildman–Crippen LogP) is 2.82. The fraction of sp³-hybridized carbons (Fsp3) is 0.200. The third kappa shape index (κ3) is 3.43. The number of hydrogen-bond donors (Lipinski definition) is 0. The minimum Gasteiger partial charge on any atom is -0.337 e. The summed E-state index contributed by atoms with van der Waals surface area (Å²) >= 11 is 13.0. The topological polar surface area (TPSA) is 68.1 Å². The molecule has 2 heterocycles. The lowest BCUT2D eigenvalue weighted by atomic mass is 10.3. The Labute approximate surface area is 151 Å². The van der Waals surface area contributed by atoms with Gasteiger partial charge in [-0.1, -0.05) is 35.3 Å². The van der Waals surface area contributed by atoms with Gasteiger partial charge in [0.1, 0.15) is 16.6 Å². The van der Waals surface area contributed by atoms with Crippen molar-refractivity contribution in [3.8, 4) is 0 Å². The van der Waals surface area contributed by atoms with Gasteiger partial charge in [-0.15, -0.1) is 11.3 Å². The first-order valence-corrected chi connectivity index (χ1v) is 8.52. The van der Waals surface area contributed by atoms with E-state index in [4.69, 9.17) is 23.2 Å². The van der Waals surface area contributed by atoms with Gasteiger partial charge >= 0.3 is 0 Å². The summed E-state index contributed by atoms with van der Waals surface area (Å²) in [6.07, 6.45) is 1.24. The highest BCUT2D eigenvalue weighted by molar-refractivity contribution is 7.18. The van der Waals surface area contributed by atoms with Crippen molar-refractivity contribution < 1.29 is 4.79 Å². The average Bonchev–Trinajstić information content (AvgIpc) is 2.97. The Morgan fingerprint density at radius 1 is 1.33 bits per heavy atom. The van der Waals surface area contributed by atoms with Crippen molar-refractivity contribution in [2.24, 2.45) is 0 Å². The molecule has 1 amide bonds. The summed E-state index contributed by atoms with van der Waals surface area (Å²) in [6.45, 7) is 0.144. The van der Waals surface area contributed by atoms with E-state index in [1.807, 2.05) is 24.3 Å². The highest BCUT2D eigenvalue weighted by Gasteiger charge is 2.15. The van der Waals surface area contributed by atoms with Crippen LogP contribution in [-0.2, 0) is 17.9 Å². The van der Waals surface area contributed by atoms with E-state index in [-0.39, 0.29) is 22.5 Å². The molecule has 0 saturated carbocycles. The second-order valence-corrected chi connectivity index (χ2v) is 6.99. The number of rotatable bonds is 4. The molecule has 0 spiro atoms. The van der Waals surface area contributed by atoms with E-state index in [2.05, 4.69) is 10.1 Å². The van der Waals surface area contributed by atoms with E-state index in [9.17, 15) is 9.59 Å². The number of carbonyl (C=O) groups excluding carboxylic acids is 1. The monoisotopic (exact) mass is 382 g/mol. The first kappa shape index (κ1) is 16.9. The van der Waals surface area contributed by atoms with E-state index in [0.717, 1.165) is 19.9 Å². The number of likely N-dealkylation sites (N-methyl/N-ethyl adjacent to an activating group) is 1. The molecule has 0 atom stereocenters. The summed E-state index contributed by atoms with van der Waals surface area (Å²) in [6, 6.07) is 7.78. The van der Waals surface area contributed by atoms with E-state index in [0.29, 0.717) is 6.54 Å². The maximum absolute atomic E-state index is 12.3. The molecule has 3 aromatic rings. The van der Waals surface area contributed by atoms with Crippen LogP contribution in [0.2, 0.25) is 10.0 Å². The summed E-state index contributed by atoms with van der Waals surface area (Å²) in [7, 11) is 1.65. The Hall–Kier alpha value is -1.96. The van der Waals surface area contributed by atoms with Crippen molar-refractivity contribution in [1.29, 1.82) is 0 Å². The average molecular weight is 383 g/mol. The SMILES string of the molecule is CN(Cc1nc2ccccc2s1)C(=O)Cn1ncc(Cl)c(Cl)c1=O. The van der Waals surface area contributed by atoms with Gasteiger partial charge in [-0.2, -0.15) is 5.10 Å². The van der Waals surface area contributed by atoms with Crippen molar-refractivity contribution in [2.75, 3.05) is 7.05 Å². The number of hydrogen-bond acceptors (Lipinski definition) is 5. The Morgan fingerprint density at radius 2 is 2.08 bits per heavy atom. The lowest BCUT2D eigenvalue weighted by Crippen LogP contribution is -2.34. The van der Waals surface area contributed by atoms with Crippen molar-refractivity contribution in [1.82, 2.24) is 19.7 Å². The van der Waals surface area contributed by atoms with Gasteiger partial charge < -0.3 is 4.90 Å². The smallest absolute Gasteiger partial charge is 0.287 e. The normalized spacial score (nSPS) is 11.0. The zero-order valence-electron chi connectivity index (χ0n) is 12.6. The Balaban J connectivity index is 1.73. The largest absolute Gasteiger partial charge is 0.337 e. The number of carbonyl (C=O) groups is 1. The molecule has 124 valence electrons. The summed E-state index contributed by atoms with van der Waals surface area (Å²) in [4.78, 5) is 30.2. The number of halogens is 2. The van der Waals surface area contributed by atoms with E-state index in [1.54, 1.807) is 7.05 Å². The minimum atomic E-state index is -0.592. The van der Waals surface area contributed by atoms with Crippen LogP contribution in [0.15, 0.2) is 35.3 Å². The molecule has 0 fully saturated rings. The molecule has 24 heavy (non-hydrogen) atoms. The molecular weight excluding hydrogens is 371 g/mol. The van der Waals surface area contributed by atoms with Gasteiger partial charge in [0.05, 0.1) is 28.0 Å². The molecule has 6 nitrogen and oxygen atoms in total. The molecule has 0 bridgehead atoms. The molecule has 0 radical (unpaired) electrons. The summed E-state index contributed by atoms with van der Waals surface area (Å²) < 4.78 is 2.06. The van der Waals surface area contributed by atoms with Crippen LogP contribution in [0.4, 0.5) is 0 Å². The molecular formula is C15H12Cl2N4O2S. The van der Waals surface area contributed by atoms with Crippen LogP contribution in [0.5, 0.6) is 0 Å². The van der Waals surface area contributed by atoms with Crippen molar-refractivity contribution in [3.63, 3.8) is 0 Å². The molecule has 1 aromatic carbocycles. The quantitative estimate of drug-likeness (QED) is 0.695. The highest BCUT2D eigenvalue weighted by atomic mass is 35.5. The molecule has 9 heteroatoms. The minimum absolute atomic E-state index is 0.0631. The first-order valence-electron chi connectivity index (χ1n) is 6.95. The van der Waals surface area contributed by atoms with Gasteiger partial charge in [0, 0.05) is 7.05 Å². The third-order valence-electron chi connectivity index (χ3n) is 3.36. The number of fused-ring (bicyclic) bond motifs is 1. The Kier molecular flexibility index (Phi) is 4.84. The van der Waals surface area contributed by atoms with Crippen molar-refractivity contribution in [2.45, 2.75) is 13.1 Å². The number of benzene rings is 1. The van der Waals surface area contributed by atoms with Crippen LogP contribution in [0.1, 0.15) is 5.01 Å². The molecule has 0 aliphatic heterocycles. The fourth-order valence-corrected chi connectivity index (χ4v) is 3.38. The van der Waals surface area contributed by atoms with Gasteiger partial charge in [-0.3, -0.25) is 9.59 Å². The summed E-state index contributed by atoms with van der Waals surface area (Å²) in [5.41, 5.74) is 0.312. The molecule has 0 unspecified atom stereocenters. The van der Waals surface area contributed by atoms with Crippen LogP contribution >= 0.6 is 34.5 Å². The second kappa shape index (κ2) is 6.88. The molecule has 0 saturated heterocycles. The van der Waals surface area contributed by atoms with Gasteiger partial charge in [-0.05, 0) is 12.1 Å². The highest BCUT2D eigenvalue weighted by Crippen LogP contribution is 2.22. The number of amides is 1. The van der Waals surface area contributed by atoms with Crippen LogP contribution in [0.25, 0.3) is 10.2 Å². The summed E-state index contributed by atoms with van der Waals surface area (Å²) in [5, 5.41) is 4.57. The number of para-hydroxylation sites is 1. The van der Waals surface area contributed by atoms with Crippen molar-refractivity contribution in [3.05, 3.63) is 55.9 Å². The molecule has 0 aliphatic carbocycles. The van der Waals surface area contributed by atoms with Crippen LogP contribution in [-0.4, -0.2) is 32.6 Å². The second-order valence-electron chi connectivity index (χ2n) is 5.09. The lowest BCUT2D eigenvalue weighted by Gasteiger charge is -2.16. The Morgan fingerprint density at radius 3 is 2.83 bits per heavy atom. The standard InChI is InChI=1S/C15H12Cl2N4O2S/c1-20(7-12-19-10-4-2-3-5-11(10)24-12)13(22)8-21-15(23)14(17)9(16)6-18-21/h2-6H,7-8H2,1H3. The van der Waals surface area contributed by atoms with Gasteiger partial charge in [0.25, 0.3) is 5.56 Å². The van der Waals surface area contributed by atoms with Crippen LogP contribution in [0, 0.1) is 0 Å². The lowest BCUT2D eigenvalue weighted by molar-refractivity contribution is -0.131. The maximum atomic E-state index is 12.3. The maximum Gasteiger partial charge on any atom is 0.287 e. The van der Waals surface area contributed by atoms with Crippen LogP contribution in [0.3, 0.4) is 0 Å². The molecule has 3 rings (SSSR count). The molecule has 2 aromatic heterocycles. The third-order valence-corrected chi connectivity index (χ3v) is 5.13. The number of nitrogens with zero attached hydrogens (tertiary/aromatic N) is 4. The predicted molar refractivity (Wildman–Crippen MR) is 94.6 cm³/mol. The van der Waals surface area contributed by atoms with Gasteiger partial charge in [-0.25, -0.2) is 9.67 Å². The molecule has 0 aliphatic rings. The van der Waals surface area contributed by atoms with Crippen molar-refractivity contribution >= 4 is 50.7 Å². The zero-order chi connectivity index (χ0) is 17.3. The fourth-order valence-electron chi connectivity index (χ4n) is 2.09. The summed E-state index contributed by atoms with van der Waals surface area (Å²) in [5.74, 6) is -0.276.